The molecule has 0 amide bonds. The lowest BCUT2D eigenvalue weighted by molar-refractivity contribution is 0.794. The SMILES string of the molecule is c1ccc(-c2ccc(-c3cc4c(cc3N(c3ccc(-c5ccc6ccccc6c5)cc3)c3ccc5c6ccccc6c6ccccc6c5c3)C3(c5ccccc5-c5ccccc53)c3ccccc3-4)cc2)cc1. The van der Waals surface area contributed by atoms with Crippen molar-refractivity contribution in [2.75, 3.05) is 4.90 Å². The molecule has 334 valence electrons. The van der Waals surface area contributed by atoms with E-state index in [1.165, 1.54) is 115 Å². The van der Waals surface area contributed by atoms with Gasteiger partial charge in [-0.2, -0.15) is 0 Å². The maximum Gasteiger partial charge on any atom is 0.0726 e. The van der Waals surface area contributed by atoms with Gasteiger partial charge in [0.1, 0.15) is 0 Å². The summed E-state index contributed by atoms with van der Waals surface area (Å²) in [4.78, 5) is 2.54. The fourth-order valence-corrected chi connectivity index (χ4v) is 12.6. The van der Waals surface area contributed by atoms with Crippen LogP contribution >= 0.6 is 0 Å². The van der Waals surface area contributed by atoms with Gasteiger partial charge >= 0.3 is 0 Å². The molecule has 0 radical (unpaired) electrons. The van der Waals surface area contributed by atoms with Crippen molar-refractivity contribution in [2.45, 2.75) is 5.41 Å². The Morgan fingerprint density at radius 2 is 0.667 bits per heavy atom. The molecule has 72 heavy (non-hydrogen) atoms. The highest BCUT2D eigenvalue weighted by atomic mass is 15.1. The van der Waals surface area contributed by atoms with E-state index in [2.05, 4.69) is 278 Å². The number of hydrogen-bond acceptors (Lipinski definition) is 1. The van der Waals surface area contributed by atoms with Crippen LogP contribution in [-0.4, -0.2) is 0 Å². The van der Waals surface area contributed by atoms with Crippen LogP contribution in [0.1, 0.15) is 22.3 Å². The molecule has 1 spiro atoms. The molecule has 2 aliphatic carbocycles. The van der Waals surface area contributed by atoms with Gasteiger partial charge in [-0.05, 0) is 158 Å². The van der Waals surface area contributed by atoms with Gasteiger partial charge in [0.05, 0.1) is 11.1 Å². The van der Waals surface area contributed by atoms with Gasteiger partial charge in [-0.15, -0.1) is 0 Å². The average molecular weight is 912 g/mol. The van der Waals surface area contributed by atoms with E-state index in [-0.39, 0.29) is 0 Å². The van der Waals surface area contributed by atoms with Crippen molar-refractivity contribution in [3.63, 3.8) is 0 Å². The van der Waals surface area contributed by atoms with Gasteiger partial charge in [0.15, 0.2) is 0 Å². The van der Waals surface area contributed by atoms with Crippen molar-refractivity contribution < 1.29 is 0 Å². The summed E-state index contributed by atoms with van der Waals surface area (Å²) >= 11 is 0. The largest absolute Gasteiger partial charge is 0.310 e. The first-order valence-corrected chi connectivity index (χ1v) is 25.1. The second-order valence-corrected chi connectivity index (χ2v) is 19.5. The highest BCUT2D eigenvalue weighted by Gasteiger charge is 2.52. The Labute approximate surface area is 419 Å². The van der Waals surface area contributed by atoms with Gasteiger partial charge in [0, 0.05) is 16.9 Å². The topological polar surface area (TPSA) is 3.24 Å². The van der Waals surface area contributed by atoms with Crippen molar-refractivity contribution in [1.82, 2.24) is 0 Å². The molecule has 0 fully saturated rings. The molecule has 0 bridgehead atoms. The van der Waals surface area contributed by atoms with E-state index in [9.17, 15) is 0 Å². The normalized spacial score (nSPS) is 12.8. The Hall–Kier alpha value is -9.30. The molecule has 0 aromatic heterocycles. The lowest BCUT2D eigenvalue weighted by atomic mass is 9.70. The van der Waals surface area contributed by atoms with Crippen molar-refractivity contribution >= 4 is 60.2 Å². The zero-order chi connectivity index (χ0) is 47.3. The van der Waals surface area contributed by atoms with E-state index in [0.29, 0.717) is 0 Å². The fourth-order valence-electron chi connectivity index (χ4n) is 12.6. The monoisotopic (exact) mass is 911 g/mol. The molecular formula is C71H45N. The molecule has 13 aromatic rings. The van der Waals surface area contributed by atoms with Crippen molar-refractivity contribution in [3.05, 3.63) is 295 Å². The predicted octanol–water partition coefficient (Wildman–Crippen LogP) is 19.1. The van der Waals surface area contributed by atoms with Gasteiger partial charge in [0.2, 0.25) is 0 Å². The summed E-state index contributed by atoms with van der Waals surface area (Å²) in [6.07, 6.45) is 0. The molecule has 1 nitrogen and oxygen atoms in total. The van der Waals surface area contributed by atoms with Crippen molar-refractivity contribution in [1.29, 1.82) is 0 Å². The number of hydrogen-bond donors (Lipinski definition) is 0. The smallest absolute Gasteiger partial charge is 0.0726 e. The molecule has 0 aliphatic heterocycles. The Morgan fingerprint density at radius 3 is 1.31 bits per heavy atom. The van der Waals surface area contributed by atoms with Crippen LogP contribution in [0.25, 0.3) is 98.7 Å². The molecule has 13 aromatic carbocycles. The summed E-state index contributed by atoms with van der Waals surface area (Å²) < 4.78 is 0. The highest BCUT2D eigenvalue weighted by Crippen LogP contribution is 2.64. The van der Waals surface area contributed by atoms with Crippen LogP contribution in [0.4, 0.5) is 17.1 Å². The molecule has 0 saturated carbocycles. The number of nitrogens with zero attached hydrogens (tertiary/aromatic N) is 1. The van der Waals surface area contributed by atoms with Crippen LogP contribution in [0.2, 0.25) is 0 Å². The van der Waals surface area contributed by atoms with E-state index >= 15 is 0 Å². The summed E-state index contributed by atoms with van der Waals surface area (Å²) in [5.74, 6) is 0. The summed E-state index contributed by atoms with van der Waals surface area (Å²) in [7, 11) is 0. The fraction of sp³-hybridized carbons (Fsp3) is 0.0141. The minimum atomic E-state index is -0.520. The lowest BCUT2D eigenvalue weighted by Gasteiger charge is -2.33. The van der Waals surface area contributed by atoms with Crippen LogP contribution in [0.15, 0.2) is 273 Å². The summed E-state index contributed by atoms with van der Waals surface area (Å²) in [6, 6.07) is 102. The Morgan fingerprint density at radius 1 is 0.222 bits per heavy atom. The summed E-state index contributed by atoms with van der Waals surface area (Å²) in [6.45, 7) is 0. The van der Waals surface area contributed by atoms with Crippen molar-refractivity contribution in [2.24, 2.45) is 0 Å². The van der Waals surface area contributed by atoms with E-state index in [0.717, 1.165) is 22.6 Å². The molecule has 2 aliphatic rings. The molecular weight excluding hydrogens is 867 g/mol. The second-order valence-electron chi connectivity index (χ2n) is 19.5. The standard InChI is InChI=1S/C71H45N/c1-2-16-46(17-3-1)48-30-33-50(34-31-48)63-44-65-62-26-12-15-29-68(62)71(66-27-13-10-24-60(66)61-25-11-14-28-67(61)71)69(65)45-70(63)72(53-38-36-49(37-39-53)52-35-32-47-18-4-5-19-51(47)42-52)54-40-41-59-57-22-7-6-20-55(57)56-21-8-9-23-58(56)64(59)43-54/h1-45H. The predicted molar refractivity (Wildman–Crippen MR) is 304 cm³/mol. The van der Waals surface area contributed by atoms with Gasteiger partial charge in [-0.3, -0.25) is 0 Å². The van der Waals surface area contributed by atoms with Gasteiger partial charge < -0.3 is 4.90 Å². The van der Waals surface area contributed by atoms with Gasteiger partial charge in [-0.25, -0.2) is 0 Å². The molecule has 1 heteroatoms. The first-order chi connectivity index (χ1) is 35.7. The van der Waals surface area contributed by atoms with E-state index < -0.39 is 5.41 Å². The quantitative estimate of drug-likeness (QED) is 0.150. The second kappa shape index (κ2) is 15.9. The third-order valence-electron chi connectivity index (χ3n) is 15.9. The van der Waals surface area contributed by atoms with Crippen LogP contribution in [0, 0.1) is 0 Å². The number of rotatable bonds is 6. The van der Waals surface area contributed by atoms with Crippen LogP contribution in [0.3, 0.4) is 0 Å². The molecule has 0 atom stereocenters. The van der Waals surface area contributed by atoms with E-state index in [1.54, 1.807) is 0 Å². The highest BCUT2D eigenvalue weighted by molar-refractivity contribution is 6.26. The molecule has 0 N–H and O–H groups in total. The van der Waals surface area contributed by atoms with E-state index in [1.807, 2.05) is 0 Å². The van der Waals surface area contributed by atoms with Crippen LogP contribution in [-0.2, 0) is 5.41 Å². The first kappa shape index (κ1) is 40.6. The average Bonchev–Trinajstić information content (AvgIpc) is 3.92. The Bertz CT molecular complexity index is 4240. The zero-order valence-electron chi connectivity index (χ0n) is 39.4. The summed E-state index contributed by atoms with van der Waals surface area (Å²) in [5, 5.41) is 10.0. The number of fused-ring (bicyclic) bond motifs is 17. The van der Waals surface area contributed by atoms with Crippen LogP contribution < -0.4 is 4.90 Å². The third-order valence-corrected chi connectivity index (χ3v) is 15.9. The maximum atomic E-state index is 2.56. The molecule has 15 rings (SSSR count). The van der Waals surface area contributed by atoms with E-state index in [4.69, 9.17) is 0 Å². The third kappa shape index (κ3) is 5.95. The lowest BCUT2D eigenvalue weighted by Crippen LogP contribution is -2.26. The number of benzene rings is 13. The number of anilines is 3. The zero-order valence-corrected chi connectivity index (χ0v) is 39.4. The van der Waals surface area contributed by atoms with Gasteiger partial charge in [-0.1, -0.05) is 231 Å². The van der Waals surface area contributed by atoms with Crippen molar-refractivity contribution in [3.8, 4) is 55.6 Å². The van der Waals surface area contributed by atoms with Gasteiger partial charge in [0.25, 0.3) is 0 Å². The summed E-state index contributed by atoms with van der Waals surface area (Å²) in [5.41, 5.74) is 20.3. The minimum absolute atomic E-state index is 0.520. The molecule has 0 unspecified atom stereocenters. The van der Waals surface area contributed by atoms with Crippen LogP contribution in [0.5, 0.6) is 0 Å². The Balaban J connectivity index is 1.03. The first-order valence-electron chi connectivity index (χ1n) is 25.1. The molecule has 0 saturated heterocycles. The molecule has 0 heterocycles. The Kier molecular flexibility index (Phi) is 8.94. The minimum Gasteiger partial charge on any atom is -0.310 e. The maximum absolute atomic E-state index is 2.56.